The molecular formula is C29H28ClN3O5S. The summed E-state index contributed by atoms with van der Waals surface area (Å²) in [4.78, 5) is 45.8. The maximum absolute atomic E-state index is 13.7. The van der Waals surface area contributed by atoms with Crippen molar-refractivity contribution in [3.8, 4) is 5.75 Å². The number of carbonyl (C=O) groups is 2. The molecule has 3 aromatic rings. The third kappa shape index (κ3) is 5.69. The zero-order chi connectivity index (χ0) is 27.5. The smallest absolute Gasteiger partial charge is 0.338 e. The molecule has 1 aromatic heterocycles. The van der Waals surface area contributed by atoms with Crippen LogP contribution in [0.25, 0.3) is 6.08 Å². The highest BCUT2D eigenvalue weighted by Crippen LogP contribution is 2.31. The van der Waals surface area contributed by atoms with Crippen LogP contribution >= 0.6 is 22.9 Å². The molecule has 1 amide bonds. The van der Waals surface area contributed by atoms with E-state index in [1.807, 2.05) is 17.0 Å². The number of ether oxygens (including phenoxy) is 2. The van der Waals surface area contributed by atoms with Crippen molar-refractivity contribution in [3.63, 3.8) is 0 Å². The number of halogens is 1. The van der Waals surface area contributed by atoms with Crippen LogP contribution in [-0.2, 0) is 14.3 Å². The molecule has 1 fully saturated rings. The first-order valence-electron chi connectivity index (χ1n) is 12.8. The number of carbonyl (C=O) groups excluding carboxylic acids is 2. The first kappa shape index (κ1) is 26.9. The maximum Gasteiger partial charge on any atom is 0.338 e. The Balaban J connectivity index is 1.46. The summed E-state index contributed by atoms with van der Waals surface area (Å²) in [5, 5.41) is 0.553. The fraction of sp³-hybridized carbons (Fsp3) is 0.310. The Morgan fingerprint density at radius 2 is 1.79 bits per heavy atom. The molecule has 2 aliphatic rings. The van der Waals surface area contributed by atoms with E-state index in [1.165, 1.54) is 11.3 Å². The molecule has 39 heavy (non-hydrogen) atoms. The lowest BCUT2D eigenvalue weighted by molar-refractivity contribution is -0.139. The lowest BCUT2D eigenvalue weighted by atomic mass is 9.96. The van der Waals surface area contributed by atoms with Gasteiger partial charge in [-0.2, -0.15) is 0 Å². The topological polar surface area (TPSA) is 90.2 Å². The van der Waals surface area contributed by atoms with E-state index >= 15 is 0 Å². The molecule has 0 N–H and O–H groups in total. The molecule has 10 heteroatoms. The van der Waals surface area contributed by atoms with Crippen LogP contribution in [0.3, 0.4) is 0 Å². The van der Waals surface area contributed by atoms with Crippen molar-refractivity contribution in [1.82, 2.24) is 9.47 Å². The van der Waals surface area contributed by atoms with E-state index in [2.05, 4.69) is 4.99 Å². The molecule has 0 radical (unpaired) electrons. The molecule has 1 atom stereocenters. The monoisotopic (exact) mass is 565 g/mol. The number of hydrogen-bond donors (Lipinski definition) is 0. The summed E-state index contributed by atoms with van der Waals surface area (Å²) in [6.07, 6.45) is 3.86. The molecule has 0 spiro atoms. The lowest BCUT2D eigenvalue weighted by Gasteiger charge is -2.24. The van der Waals surface area contributed by atoms with Gasteiger partial charge < -0.3 is 14.4 Å². The van der Waals surface area contributed by atoms with E-state index in [1.54, 1.807) is 60.9 Å². The van der Waals surface area contributed by atoms with Crippen molar-refractivity contribution >= 4 is 40.9 Å². The van der Waals surface area contributed by atoms with E-state index in [0.717, 1.165) is 37.1 Å². The molecular weight excluding hydrogens is 538 g/mol. The minimum absolute atomic E-state index is 0.00476. The van der Waals surface area contributed by atoms with Crippen molar-refractivity contribution in [2.75, 3.05) is 26.3 Å². The minimum Gasteiger partial charge on any atom is -0.484 e. The molecule has 1 saturated heterocycles. The fourth-order valence-electron chi connectivity index (χ4n) is 4.77. The van der Waals surface area contributed by atoms with Crippen LogP contribution in [0.1, 0.15) is 43.9 Å². The number of hydrogen-bond acceptors (Lipinski definition) is 7. The number of thiazole rings is 1. The summed E-state index contributed by atoms with van der Waals surface area (Å²) >= 11 is 7.36. The van der Waals surface area contributed by atoms with Gasteiger partial charge in [-0.25, -0.2) is 9.79 Å². The summed E-state index contributed by atoms with van der Waals surface area (Å²) in [6.45, 7) is 5.28. The van der Waals surface area contributed by atoms with Crippen molar-refractivity contribution in [1.29, 1.82) is 0 Å². The third-order valence-electron chi connectivity index (χ3n) is 6.70. The van der Waals surface area contributed by atoms with Gasteiger partial charge in [-0.05, 0) is 68.2 Å². The van der Waals surface area contributed by atoms with Crippen LogP contribution in [0.4, 0.5) is 0 Å². The van der Waals surface area contributed by atoms with E-state index < -0.39 is 12.0 Å². The summed E-state index contributed by atoms with van der Waals surface area (Å²) in [5.41, 5.74) is 2.09. The second-order valence-electron chi connectivity index (χ2n) is 9.30. The highest BCUT2D eigenvalue weighted by molar-refractivity contribution is 7.07. The molecule has 3 heterocycles. The largest absolute Gasteiger partial charge is 0.484 e. The van der Waals surface area contributed by atoms with Crippen LogP contribution in [0.15, 0.2) is 69.6 Å². The Bertz CT molecular complexity index is 1600. The molecule has 2 aliphatic heterocycles. The average molecular weight is 566 g/mol. The van der Waals surface area contributed by atoms with Crippen LogP contribution in [0.5, 0.6) is 5.75 Å². The van der Waals surface area contributed by atoms with Gasteiger partial charge in [0, 0.05) is 18.1 Å². The number of aromatic nitrogens is 1. The minimum atomic E-state index is -0.691. The number of rotatable bonds is 7. The van der Waals surface area contributed by atoms with Gasteiger partial charge in [-0.15, -0.1) is 0 Å². The second kappa shape index (κ2) is 11.6. The summed E-state index contributed by atoms with van der Waals surface area (Å²) in [6, 6.07) is 13.6. The van der Waals surface area contributed by atoms with Crippen LogP contribution in [-0.4, -0.2) is 47.6 Å². The molecule has 0 bridgehead atoms. The number of allylic oxidation sites excluding steroid dienone is 1. The van der Waals surface area contributed by atoms with Gasteiger partial charge in [0.15, 0.2) is 11.4 Å². The Kier molecular flexibility index (Phi) is 7.99. The van der Waals surface area contributed by atoms with E-state index in [0.29, 0.717) is 31.4 Å². The van der Waals surface area contributed by atoms with Crippen molar-refractivity contribution < 1.29 is 19.1 Å². The Labute approximate surface area is 234 Å². The zero-order valence-electron chi connectivity index (χ0n) is 21.7. The molecule has 5 rings (SSSR count). The Hall–Kier alpha value is -3.69. The molecule has 0 saturated carbocycles. The van der Waals surface area contributed by atoms with Gasteiger partial charge in [0.1, 0.15) is 5.75 Å². The highest BCUT2D eigenvalue weighted by Gasteiger charge is 2.33. The molecule has 0 aliphatic carbocycles. The SMILES string of the molecule is CCOC(=O)C1=C(C)N=c2s/c(=C/c3ccc(OCC(=O)N4CCCC4)cc3)c(=O)n2[C@H]1c1ccc(Cl)cc1. The molecule has 2 aromatic carbocycles. The Morgan fingerprint density at radius 1 is 1.10 bits per heavy atom. The lowest BCUT2D eigenvalue weighted by Crippen LogP contribution is -2.39. The van der Waals surface area contributed by atoms with E-state index in [-0.39, 0.29) is 24.7 Å². The molecule has 202 valence electrons. The van der Waals surface area contributed by atoms with Gasteiger partial charge in [0.25, 0.3) is 11.5 Å². The van der Waals surface area contributed by atoms with Crippen LogP contribution in [0.2, 0.25) is 5.02 Å². The number of amides is 1. The first-order valence-corrected chi connectivity index (χ1v) is 14.0. The number of benzene rings is 2. The second-order valence-corrected chi connectivity index (χ2v) is 10.7. The highest BCUT2D eigenvalue weighted by atomic mass is 35.5. The maximum atomic E-state index is 13.7. The quantitative estimate of drug-likeness (QED) is 0.409. The summed E-state index contributed by atoms with van der Waals surface area (Å²) in [5.74, 6) is 0.0655. The predicted molar refractivity (Wildman–Crippen MR) is 150 cm³/mol. The summed E-state index contributed by atoms with van der Waals surface area (Å²) < 4.78 is 13.0. The van der Waals surface area contributed by atoms with Gasteiger partial charge in [0.05, 0.1) is 28.5 Å². The van der Waals surface area contributed by atoms with Crippen LogP contribution < -0.4 is 19.6 Å². The van der Waals surface area contributed by atoms with Crippen molar-refractivity contribution in [3.05, 3.63) is 95.6 Å². The summed E-state index contributed by atoms with van der Waals surface area (Å²) in [7, 11) is 0. The Morgan fingerprint density at radius 3 is 2.46 bits per heavy atom. The van der Waals surface area contributed by atoms with Crippen molar-refractivity contribution in [2.45, 2.75) is 32.7 Å². The normalized spacial score (nSPS) is 17.2. The van der Waals surface area contributed by atoms with Crippen molar-refractivity contribution in [2.24, 2.45) is 4.99 Å². The van der Waals surface area contributed by atoms with Crippen LogP contribution in [0, 0.1) is 0 Å². The third-order valence-corrected chi connectivity index (χ3v) is 7.94. The number of nitrogens with zero attached hydrogens (tertiary/aromatic N) is 3. The first-order chi connectivity index (χ1) is 18.9. The van der Waals surface area contributed by atoms with Gasteiger partial charge in [-0.1, -0.05) is 47.2 Å². The van der Waals surface area contributed by atoms with E-state index in [9.17, 15) is 14.4 Å². The fourth-order valence-corrected chi connectivity index (χ4v) is 5.94. The predicted octanol–water partition coefficient (Wildman–Crippen LogP) is 3.45. The van der Waals surface area contributed by atoms with Gasteiger partial charge in [-0.3, -0.25) is 14.2 Å². The standard InChI is InChI=1S/C29H28ClN3O5S/c1-3-37-28(36)25-18(2)31-29-33(26(25)20-8-10-21(30)11-9-20)27(35)23(39-29)16-19-6-12-22(13-7-19)38-17-24(34)32-14-4-5-15-32/h6-13,16,26H,3-5,14-15,17H2,1-2H3/b23-16+/t26-/m0/s1. The average Bonchev–Trinajstić information content (AvgIpc) is 3.57. The van der Waals surface area contributed by atoms with Gasteiger partial charge >= 0.3 is 5.97 Å². The molecule has 0 unspecified atom stereocenters. The number of fused-ring (bicyclic) bond motifs is 1. The number of likely N-dealkylation sites (tertiary alicyclic amines) is 1. The zero-order valence-corrected chi connectivity index (χ0v) is 23.3. The number of esters is 1. The van der Waals surface area contributed by atoms with Gasteiger partial charge in [0.2, 0.25) is 0 Å². The van der Waals surface area contributed by atoms with E-state index in [4.69, 9.17) is 21.1 Å². The molecule has 8 nitrogen and oxygen atoms in total.